The van der Waals surface area contributed by atoms with E-state index in [0.717, 1.165) is 5.69 Å². The van der Waals surface area contributed by atoms with Crippen molar-refractivity contribution < 1.29 is 14.3 Å². The number of benzene rings is 1. The van der Waals surface area contributed by atoms with Gasteiger partial charge in [-0.25, -0.2) is 9.18 Å². The van der Waals surface area contributed by atoms with Crippen LogP contribution in [0.25, 0.3) is 0 Å². The van der Waals surface area contributed by atoms with Gasteiger partial charge in [-0.05, 0) is 31.2 Å². The van der Waals surface area contributed by atoms with Crippen molar-refractivity contribution in [1.82, 2.24) is 0 Å². The van der Waals surface area contributed by atoms with Crippen LogP contribution in [0.4, 0.5) is 10.1 Å². The molecule has 0 atom stereocenters. The zero-order chi connectivity index (χ0) is 12.1. The lowest BCUT2D eigenvalue weighted by Gasteiger charge is -2.17. The number of nitrogens with zero attached hydrogens (tertiary/aromatic N) is 1. The van der Waals surface area contributed by atoms with Gasteiger partial charge in [0.15, 0.2) is 0 Å². The Morgan fingerprint density at radius 2 is 2.00 bits per heavy atom. The molecule has 0 saturated heterocycles. The van der Waals surface area contributed by atoms with Gasteiger partial charge in [0.25, 0.3) is 0 Å². The number of halogens is 1. The Hall–Kier alpha value is -1.84. The molecule has 0 aliphatic carbocycles. The maximum atomic E-state index is 12.7. The quantitative estimate of drug-likeness (QED) is 0.796. The SMILES string of the molecule is CC(=CCN(C)c1ccc(F)cc1)C(=O)O. The maximum Gasteiger partial charge on any atom is 0.331 e. The third-order valence-electron chi connectivity index (χ3n) is 2.28. The lowest BCUT2D eigenvalue weighted by Crippen LogP contribution is -2.17. The van der Waals surface area contributed by atoms with Crippen LogP contribution in [-0.2, 0) is 4.79 Å². The van der Waals surface area contributed by atoms with E-state index >= 15 is 0 Å². The summed E-state index contributed by atoms with van der Waals surface area (Å²) >= 11 is 0. The number of aliphatic carboxylic acids is 1. The first-order chi connectivity index (χ1) is 7.50. The second-order valence-corrected chi connectivity index (χ2v) is 3.55. The van der Waals surface area contributed by atoms with Crippen LogP contribution < -0.4 is 4.90 Å². The molecule has 1 rings (SSSR count). The van der Waals surface area contributed by atoms with Crippen molar-refractivity contribution in [1.29, 1.82) is 0 Å². The highest BCUT2D eigenvalue weighted by Gasteiger charge is 2.02. The second kappa shape index (κ2) is 5.30. The van der Waals surface area contributed by atoms with E-state index in [2.05, 4.69) is 0 Å². The van der Waals surface area contributed by atoms with Crippen LogP contribution >= 0.6 is 0 Å². The summed E-state index contributed by atoms with van der Waals surface area (Å²) in [5, 5.41) is 8.67. The Bertz CT molecular complexity index is 398. The Labute approximate surface area is 93.8 Å². The molecule has 86 valence electrons. The number of hydrogen-bond donors (Lipinski definition) is 1. The van der Waals surface area contributed by atoms with Crippen molar-refractivity contribution in [2.45, 2.75) is 6.92 Å². The number of carboxylic acid groups (broad SMARTS) is 1. The summed E-state index contributed by atoms with van der Waals surface area (Å²) in [4.78, 5) is 12.4. The van der Waals surface area contributed by atoms with E-state index in [1.165, 1.54) is 12.1 Å². The molecule has 3 nitrogen and oxygen atoms in total. The van der Waals surface area contributed by atoms with E-state index in [-0.39, 0.29) is 5.82 Å². The van der Waals surface area contributed by atoms with Crippen LogP contribution in [0.2, 0.25) is 0 Å². The van der Waals surface area contributed by atoms with Crippen LogP contribution in [0.1, 0.15) is 6.92 Å². The van der Waals surface area contributed by atoms with Crippen LogP contribution in [0.3, 0.4) is 0 Å². The molecule has 0 amide bonds. The van der Waals surface area contributed by atoms with Crippen molar-refractivity contribution in [3.63, 3.8) is 0 Å². The lowest BCUT2D eigenvalue weighted by molar-refractivity contribution is -0.132. The van der Waals surface area contributed by atoms with Crippen LogP contribution in [0.5, 0.6) is 0 Å². The minimum atomic E-state index is -0.924. The molecule has 0 radical (unpaired) electrons. The highest BCUT2D eigenvalue weighted by atomic mass is 19.1. The fourth-order valence-corrected chi connectivity index (χ4v) is 1.16. The van der Waals surface area contributed by atoms with E-state index in [1.807, 2.05) is 11.9 Å². The van der Waals surface area contributed by atoms with Crippen LogP contribution in [0, 0.1) is 5.82 Å². The molecule has 0 aliphatic rings. The number of rotatable bonds is 4. The minimum Gasteiger partial charge on any atom is -0.478 e. The first-order valence-corrected chi connectivity index (χ1v) is 4.87. The third-order valence-corrected chi connectivity index (χ3v) is 2.28. The van der Waals surface area contributed by atoms with Crippen molar-refractivity contribution in [2.75, 3.05) is 18.5 Å². The molecule has 0 aromatic heterocycles. The van der Waals surface area contributed by atoms with Gasteiger partial charge >= 0.3 is 5.97 Å². The third kappa shape index (κ3) is 3.38. The van der Waals surface area contributed by atoms with E-state index in [0.29, 0.717) is 12.1 Å². The van der Waals surface area contributed by atoms with Gasteiger partial charge in [-0.15, -0.1) is 0 Å². The number of anilines is 1. The van der Waals surface area contributed by atoms with Gasteiger partial charge in [-0.3, -0.25) is 0 Å². The molecule has 0 spiro atoms. The normalized spacial score (nSPS) is 11.3. The second-order valence-electron chi connectivity index (χ2n) is 3.55. The van der Waals surface area contributed by atoms with Crippen molar-refractivity contribution in [3.05, 3.63) is 41.7 Å². The van der Waals surface area contributed by atoms with Gasteiger partial charge in [0.1, 0.15) is 5.82 Å². The summed E-state index contributed by atoms with van der Waals surface area (Å²) < 4.78 is 12.7. The molecular formula is C12H14FNO2. The smallest absolute Gasteiger partial charge is 0.331 e. The predicted molar refractivity (Wildman–Crippen MR) is 61.1 cm³/mol. The minimum absolute atomic E-state index is 0.283. The largest absolute Gasteiger partial charge is 0.478 e. The van der Waals surface area contributed by atoms with Gasteiger partial charge in [-0.2, -0.15) is 0 Å². The fourth-order valence-electron chi connectivity index (χ4n) is 1.16. The number of likely N-dealkylation sites (N-methyl/N-ethyl adjacent to an activating group) is 1. The Morgan fingerprint density at radius 3 is 2.50 bits per heavy atom. The Kier molecular flexibility index (Phi) is 4.05. The maximum absolute atomic E-state index is 12.7. The molecule has 0 saturated carbocycles. The summed E-state index contributed by atoms with van der Waals surface area (Å²) in [6.45, 7) is 2.02. The fraction of sp³-hybridized carbons (Fsp3) is 0.250. The van der Waals surface area contributed by atoms with Gasteiger partial charge in [0.05, 0.1) is 0 Å². The van der Waals surface area contributed by atoms with E-state index in [9.17, 15) is 9.18 Å². The molecule has 0 bridgehead atoms. The highest BCUT2D eigenvalue weighted by molar-refractivity contribution is 5.85. The van der Waals surface area contributed by atoms with E-state index in [4.69, 9.17) is 5.11 Å². The summed E-state index contributed by atoms with van der Waals surface area (Å²) in [7, 11) is 1.82. The van der Waals surface area contributed by atoms with Crippen LogP contribution in [-0.4, -0.2) is 24.7 Å². The van der Waals surface area contributed by atoms with Gasteiger partial charge in [0.2, 0.25) is 0 Å². The number of hydrogen-bond acceptors (Lipinski definition) is 2. The average Bonchev–Trinajstić information content (AvgIpc) is 2.26. The Morgan fingerprint density at radius 1 is 1.44 bits per heavy atom. The van der Waals surface area contributed by atoms with Crippen molar-refractivity contribution >= 4 is 11.7 Å². The predicted octanol–water partition coefficient (Wildman–Crippen LogP) is 2.29. The highest BCUT2D eigenvalue weighted by Crippen LogP contribution is 2.12. The van der Waals surface area contributed by atoms with E-state index < -0.39 is 5.97 Å². The summed E-state index contributed by atoms with van der Waals surface area (Å²) in [6, 6.07) is 6.05. The first-order valence-electron chi connectivity index (χ1n) is 4.87. The monoisotopic (exact) mass is 223 g/mol. The summed E-state index contributed by atoms with van der Waals surface area (Å²) in [5.41, 5.74) is 1.14. The van der Waals surface area contributed by atoms with Gasteiger partial charge in [-0.1, -0.05) is 6.08 Å². The number of carboxylic acids is 1. The molecule has 4 heteroatoms. The summed E-state index contributed by atoms with van der Waals surface area (Å²) in [5.74, 6) is -1.21. The van der Waals surface area contributed by atoms with Crippen molar-refractivity contribution in [2.24, 2.45) is 0 Å². The molecule has 1 N–H and O–H groups in total. The van der Waals surface area contributed by atoms with Gasteiger partial charge in [0, 0.05) is 24.9 Å². The zero-order valence-electron chi connectivity index (χ0n) is 9.27. The zero-order valence-corrected chi connectivity index (χ0v) is 9.27. The van der Waals surface area contributed by atoms with Crippen molar-refractivity contribution in [3.8, 4) is 0 Å². The molecular weight excluding hydrogens is 209 g/mol. The average molecular weight is 223 g/mol. The standard InChI is InChI=1S/C12H14FNO2/c1-9(12(15)16)7-8-14(2)11-5-3-10(13)4-6-11/h3-7H,8H2,1-2H3,(H,15,16). The molecule has 0 unspecified atom stereocenters. The van der Waals surface area contributed by atoms with Gasteiger partial charge < -0.3 is 10.0 Å². The molecule has 1 aromatic carbocycles. The summed E-state index contributed by atoms with van der Waals surface area (Å²) in [6.07, 6.45) is 1.62. The molecule has 0 fully saturated rings. The van der Waals surface area contributed by atoms with E-state index in [1.54, 1.807) is 25.1 Å². The number of carbonyl (C=O) groups is 1. The Balaban J connectivity index is 2.66. The first kappa shape index (κ1) is 12.2. The molecule has 0 heterocycles. The molecule has 0 aliphatic heterocycles. The molecule has 1 aromatic rings. The lowest BCUT2D eigenvalue weighted by atomic mass is 10.2. The molecule has 16 heavy (non-hydrogen) atoms. The topological polar surface area (TPSA) is 40.5 Å². The van der Waals surface area contributed by atoms with Crippen LogP contribution in [0.15, 0.2) is 35.9 Å².